The fraction of sp³-hybridized carbons (Fsp3) is 0.909. The Kier molecular flexibility index (Phi) is 5.60. The molecule has 0 spiro atoms. The molecule has 0 aromatic rings. The van der Waals surface area contributed by atoms with Gasteiger partial charge in [-0.25, -0.2) is 0 Å². The highest BCUT2D eigenvalue weighted by Gasteiger charge is 2.15. The van der Waals surface area contributed by atoms with E-state index in [2.05, 4.69) is 10.6 Å². The fourth-order valence-corrected chi connectivity index (χ4v) is 1.70. The molecule has 2 N–H and O–H groups in total. The lowest BCUT2D eigenvalue weighted by atomic mass is 9.83. The van der Waals surface area contributed by atoms with Gasteiger partial charge in [-0.05, 0) is 25.8 Å². The summed E-state index contributed by atoms with van der Waals surface area (Å²) in [6, 6.07) is 0. The Morgan fingerprint density at radius 3 is 2.71 bits per heavy atom. The zero-order valence-electron chi connectivity index (χ0n) is 9.14. The van der Waals surface area contributed by atoms with Gasteiger partial charge in [-0.3, -0.25) is 4.79 Å². The van der Waals surface area contributed by atoms with Crippen molar-refractivity contribution >= 4 is 5.91 Å². The van der Waals surface area contributed by atoms with E-state index in [1.54, 1.807) is 0 Å². The van der Waals surface area contributed by atoms with Crippen molar-refractivity contribution in [3.05, 3.63) is 0 Å². The topological polar surface area (TPSA) is 41.1 Å². The highest BCUT2D eigenvalue weighted by Crippen LogP contribution is 2.28. The summed E-state index contributed by atoms with van der Waals surface area (Å²) in [6.07, 6.45) is 6.15. The van der Waals surface area contributed by atoms with Gasteiger partial charge in [-0.2, -0.15) is 0 Å². The van der Waals surface area contributed by atoms with Crippen LogP contribution in [0.1, 0.15) is 39.0 Å². The van der Waals surface area contributed by atoms with Crippen LogP contribution in [0, 0.1) is 5.92 Å². The SMILES string of the molecule is CCNC(=O)CCNCCC1CCC1. The monoisotopic (exact) mass is 198 g/mol. The number of hydrogen-bond donors (Lipinski definition) is 2. The number of rotatable bonds is 7. The van der Waals surface area contributed by atoms with Gasteiger partial charge in [0, 0.05) is 19.5 Å². The van der Waals surface area contributed by atoms with Crippen LogP contribution in [-0.2, 0) is 4.79 Å². The maximum absolute atomic E-state index is 11.1. The van der Waals surface area contributed by atoms with E-state index in [9.17, 15) is 4.79 Å². The van der Waals surface area contributed by atoms with Crippen LogP contribution in [0.4, 0.5) is 0 Å². The third-order valence-electron chi connectivity index (χ3n) is 2.86. The van der Waals surface area contributed by atoms with Crippen LogP contribution >= 0.6 is 0 Å². The molecule has 3 nitrogen and oxygen atoms in total. The molecule has 0 aliphatic heterocycles. The Morgan fingerprint density at radius 2 is 2.14 bits per heavy atom. The van der Waals surface area contributed by atoms with E-state index >= 15 is 0 Å². The second kappa shape index (κ2) is 6.82. The highest BCUT2D eigenvalue weighted by molar-refractivity contribution is 5.75. The van der Waals surface area contributed by atoms with Gasteiger partial charge in [0.15, 0.2) is 0 Å². The predicted octanol–water partition coefficient (Wildman–Crippen LogP) is 1.29. The summed E-state index contributed by atoms with van der Waals surface area (Å²) < 4.78 is 0. The van der Waals surface area contributed by atoms with Gasteiger partial charge in [0.2, 0.25) is 5.91 Å². The van der Waals surface area contributed by atoms with E-state index in [1.807, 2.05) is 6.92 Å². The van der Waals surface area contributed by atoms with Crippen molar-refractivity contribution in [3.63, 3.8) is 0 Å². The van der Waals surface area contributed by atoms with E-state index in [4.69, 9.17) is 0 Å². The van der Waals surface area contributed by atoms with Crippen LogP contribution in [0.25, 0.3) is 0 Å². The minimum atomic E-state index is 0.156. The van der Waals surface area contributed by atoms with Gasteiger partial charge in [0.05, 0.1) is 0 Å². The van der Waals surface area contributed by atoms with E-state index < -0.39 is 0 Å². The third kappa shape index (κ3) is 4.61. The average Bonchev–Trinajstić information content (AvgIpc) is 2.08. The first-order valence-corrected chi connectivity index (χ1v) is 5.80. The quantitative estimate of drug-likeness (QED) is 0.605. The Labute approximate surface area is 86.6 Å². The van der Waals surface area contributed by atoms with Gasteiger partial charge in [-0.15, -0.1) is 0 Å². The molecule has 1 amide bonds. The Balaban J connectivity index is 1.81. The molecule has 0 saturated heterocycles. The molecule has 1 aliphatic carbocycles. The molecule has 0 bridgehead atoms. The van der Waals surface area contributed by atoms with Crippen LogP contribution in [0.3, 0.4) is 0 Å². The second-order valence-corrected chi connectivity index (χ2v) is 4.04. The molecule has 0 unspecified atom stereocenters. The molecule has 1 aliphatic rings. The van der Waals surface area contributed by atoms with E-state index in [-0.39, 0.29) is 5.91 Å². The molecule has 1 rings (SSSR count). The van der Waals surface area contributed by atoms with Gasteiger partial charge in [0.25, 0.3) is 0 Å². The summed E-state index contributed by atoms with van der Waals surface area (Å²) in [6.45, 7) is 4.57. The van der Waals surface area contributed by atoms with Crippen molar-refractivity contribution in [3.8, 4) is 0 Å². The van der Waals surface area contributed by atoms with Crippen LogP contribution < -0.4 is 10.6 Å². The summed E-state index contributed by atoms with van der Waals surface area (Å²) in [4.78, 5) is 11.1. The molecule has 0 heterocycles. The molecule has 0 radical (unpaired) electrons. The smallest absolute Gasteiger partial charge is 0.221 e. The van der Waals surface area contributed by atoms with E-state index in [0.717, 1.165) is 25.6 Å². The van der Waals surface area contributed by atoms with Crippen molar-refractivity contribution in [1.29, 1.82) is 0 Å². The normalized spacial score (nSPS) is 16.4. The Bertz CT molecular complexity index is 167. The van der Waals surface area contributed by atoms with E-state index in [0.29, 0.717) is 6.42 Å². The summed E-state index contributed by atoms with van der Waals surface area (Å²) in [5.74, 6) is 1.12. The summed E-state index contributed by atoms with van der Waals surface area (Å²) in [5, 5.41) is 6.10. The van der Waals surface area contributed by atoms with Crippen LogP contribution in [0.15, 0.2) is 0 Å². The molecule has 0 aromatic heterocycles. The summed E-state index contributed by atoms with van der Waals surface area (Å²) >= 11 is 0. The number of nitrogens with one attached hydrogen (secondary N) is 2. The predicted molar refractivity (Wildman–Crippen MR) is 58.1 cm³/mol. The summed E-state index contributed by atoms with van der Waals surface area (Å²) in [7, 11) is 0. The molecule has 1 fully saturated rings. The van der Waals surface area contributed by atoms with Crippen LogP contribution in [0.5, 0.6) is 0 Å². The lowest BCUT2D eigenvalue weighted by Crippen LogP contribution is -2.28. The molecular weight excluding hydrogens is 176 g/mol. The standard InChI is InChI=1S/C11H22N2O/c1-2-13-11(14)7-9-12-8-6-10-4-3-5-10/h10,12H,2-9H2,1H3,(H,13,14). The first kappa shape index (κ1) is 11.5. The first-order chi connectivity index (χ1) is 6.83. The van der Waals surface area contributed by atoms with Gasteiger partial charge in [0.1, 0.15) is 0 Å². The Morgan fingerprint density at radius 1 is 1.36 bits per heavy atom. The second-order valence-electron chi connectivity index (χ2n) is 4.04. The van der Waals surface area contributed by atoms with Crippen molar-refractivity contribution in [2.45, 2.75) is 39.0 Å². The minimum Gasteiger partial charge on any atom is -0.356 e. The van der Waals surface area contributed by atoms with Gasteiger partial charge in [-0.1, -0.05) is 19.3 Å². The lowest BCUT2D eigenvalue weighted by molar-refractivity contribution is -0.120. The molecule has 82 valence electrons. The van der Waals surface area contributed by atoms with E-state index in [1.165, 1.54) is 25.7 Å². The maximum atomic E-state index is 11.1. The fourth-order valence-electron chi connectivity index (χ4n) is 1.70. The highest BCUT2D eigenvalue weighted by atomic mass is 16.1. The van der Waals surface area contributed by atoms with Crippen molar-refractivity contribution in [2.24, 2.45) is 5.92 Å². The number of carbonyl (C=O) groups is 1. The van der Waals surface area contributed by atoms with Gasteiger partial charge < -0.3 is 10.6 Å². The number of amides is 1. The van der Waals surface area contributed by atoms with Crippen LogP contribution in [0.2, 0.25) is 0 Å². The number of carbonyl (C=O) groups excluding carboxylic acids is 1. The molecule has 14 heavy (non-hydrogen) atoms. The molecule has 0 aromatic carbocycles. The zero-order valence-corrected chi connectivity index (χ0v) is 9.14. The minimum absolute atomic E-state index is 0.156. The zero-order chi connectivity index (χ0) is 10.2. The summed E-state index contributed by atoms with van der Waals surface area (Å²) in [5.41, 5.74) is 0. The molecule has 3 heteroatoms. The van der Waals surface area contributed by atoms with Crippen molar-refractivity contribution in [2.75, 3.05) is 19.6 Å². The Hall–Kier alpha value is -0.570. The lowest BCUT2D eigenvalue weighted by Gasteiger charge is -2.25. The third-order valence-corrected chi connectivity index (χ3v) is 2.86. The van der Waals surface area contributed by atoms with Crippen molar-refractivity contribution in [1.82, 2.24) is 10.6 Å². The van der Waals surface area contributed by atoms with Crippen LogP contribution in [-0.4, -0.2) is 25.5 Å². The largest absolute Gasteiger partial charge is 0.356 e. The van der Waals surface area contributed by atoms with Crippen molar-refractivity contribution < 1.29 is 4.79 Å². The maximum Gasteiger partial charge on any atom is 0.221 e. The molecular formula is C11H22N2O. The average molecular weight is 198 g/mol. The molecule has 0 atom stereocenters. The number of hydrogen-bond acceptors (Lipinski definition) is 2. The first-order valence-electron chi connectivity index (χ1n) is 5.80. The molecule has 1 saturated carbocycles. The van der Waals surface area contributed by atoms with Gasteiger partial charge >= 0.3 is 0 Å².